The van der Waals surface area contributed by atoms with E-state index in [2.05, 4.69) is 16.1 Å². The molecule has 2 N–H and O–H groups in total. The molecule has 0 aliphatic carbocycles. The van der Waals surface area contributed by atoms with Crippen LogP contribution in [0, 0.1) is 0 Å². The van der Waals surface area contributed by atoms with Crippen molar-refractivity contribution in [2.24, 2.45) is 12.8 Å². The minimum atomic E-state index is -0.348. The fourth-order valence-corrected chi connectivity index (χ4v) is 3.75. The Kier molecular flexibility index (Phi) is 4.85. The number of aryl methyl sites for hydroxylation is 1. The molecule has 1 amide bonds. The maximum absolute atomic E-state index is 11.2. The fraction of sp³-hybridized carbons (Fsp3) is 0.400. The van der Waals surface area contributed by atoms with E-state index in [9.17, 15) is 4.79 Å². The first-order valence-corrected chi connectivity index (χ1v) is 9.30. The Hall–Kier alpha value is -2.80. The van der Waals surface area contributed by atoms with Gasteiger partial charge in [0.2, 0.25) is 5.91 Å². The zero-order chi connectivity index (χ0) is 18.8. The van der Waals surface area contributed by atoms with Crippen LogP contribution in [0.3, 0.4) is 0 Å². The summed E-state index contributed by atoms with van der Waals surface area (Å²) in [7, 11) is 1.99. The van der Waals surface area contributed by atoms with Gasteiger partial charge in [-0.05, 0) is 31.0 Å². The number of imidazole rings is 1. The number of amides is 1. The number of ether oxygens (including phenoxy) is 1. The number of aromatic nitrogens is 3. The summed E-state index contributed by atoms with van der Waals surface area (Å²) in [5.41, 5.74) is 7.41. The van der Waals surface area contributed by atoms with Gasteiger partial charge >= 0.3 is 0 Å². The van der Waals surface area contributed by atoms with Gasteiger partial charge in [-0.3, -0.25) is 9.69 Å². The number of benzene rings is 1. The number of fused-ring (bicyclic) bond motifs is 1. The van der Waals surface area contributed by atoms with E-state index in [-0.39, 0.29) is 18.6 Å². The SMILES string of the molecule is Cn1cnc(CN2CCC(Oc3cccc4c3ccn4CC(N)=O)CC2)c1. The van der Waals surface area contributed by atoms with Gasteiger partial charge in [-0.25, -0.2) is 4.98 Å². The van der Waals surface area contributed by atoms with Gasteiger partial charge in [0.25, 0.3) is 0 Å². The lowest BCUT2D eigenvalue weighted by molar-refractivity contribution is -0.118. The normalized spacial score (nSPS) is 16.0. The van der Waals surface area contributed by atoms with Gasteiger partial charge < -0.3 is 19.6 Å². The molecule has 1 aromatic carbocycles. The van der Waals surface area contributed by atoms with Crippen LogP contribution in [0.4, 0.5) is 0 Å². The summed E-state index contributed by atoms with van der Waals surface area (Å²) in [6, 6.07) is 7.94. The van der Waals surface area contributed by atoms with Crippen molar-refractivity contribution in [1.29, 1.82) is 0 Å². The number of nitrogens with zero attached hydrogens (tertiary/aromatic N) is 4. The van der Waals surface area contributed by atoms with Crippen molar-refractivity contribution in [2.75, 3.05) is 13.1 Å². The molecule has 27 heavy (non-hydrogen) atoms. The molecule has 1 saturated heterocycles. The second-order valence-corrected chi connectivity index (χ2v) is 7.22. The van der Waals surface area contributed by atoms with Crippen LogP contribution in [0.25, 0.3) is 10.9 Å². The Bertz CT molecular complexity index is 937. The summed E-state index contributed by atoms with van der Waals surface area (Å²) in [6.45, 7) is 3.07. The molecule has 1 fully saturated rings. The zero-order valence-electron chi connectivity index (χ0n) is 15.5. The highest BCUT2D eigenvalue weighted by atomic mass is 16.5. The van der Waals surface area contributed by atoms with E-state index in [0.717, 1.165) is 54.8 Å². The lowest BCUT2D eigenvalue weighted by Crippen LogP contribution is -2.37. The smallest absolute Gasteiger partial charge is 0.237 e. The van der Waals surface area contributed by atoms with Crippen LogP contribution in [-0.4, -0.2) is 44.1 Å². The number of nitrogens with two attached hydrogens (primary N) is 1. The molecular weight excluding hydrogens is 342 g/mol. The van der Waals surface area contributed by atoms with Crippen LogP contribution < -0.4 is 10.5 Å². The number of primary amides is 1. The highest BCUT2D eigenvalue weighted by Crippen LogP contribution is 2.29. The number of carbonyl (C=O) groups is 1. The summed E-state index contributed by atoms with van der Waals surface area (Å²) in [4.78, 5) is 18.1. The second-order valence-electron chi connectivity index (χ2n) is 7.22. The molecule has 2 aromatic heterocycles. The van der Waals surface area contributed by atoms with Crippen molar-refractivity contribution in [3.05, 3.63) is 48.7 Å². The number of hydrogen-bond acceptors (Lipinski definition) is 4. The Morgan fingerprint density at radius 3 is 2.81 bits per heavy atom. The minimum Gasteiger partial charge on any atom is -0.490 e. The Morgan fingerprint density at radius 1 is 1.30 bits per heavy atom. The van der Waals surface area contributed by atoms with Crippen molar-refractivity contribution in [3.63, 3.8) is 0 Å². The van der Waals surface area contributed by atoms with E-state index < -0.39 is 0 Å². The van der Waals surface area contributed by atoms with Gasteiger partial charge in [-0.1, -0.05) is 6.07 Å². The number of carbonyl (C=O) groups excluding carboxylic acids is 1. The van der Waals surface area contributed by atoms with Gasteiger partial charge in [0.1, 0.15) is 18.4 Å². The molecule has 7 heteroatoms. The molecule has 142 valence electrons. The van der Waals surface area contributed by atoms with Crippen LogP contribution in [0.5, 0.6) is 5.75 Å². The number of rotatable bonds is 6. The molecule has 0 unspecified atom stereocenters. The number of likely N-dealkylation sites (tertiary alicyclic amines) is 1. The quantitative estimate of drug-likeness (QED) is 0.722. The minimum absolute atomic E-state index is 0.179. The van der Waals surface area contributed by atoms with Crippen LogP contribution in [-0.2, 0) is 24.9 Å². The molecule has 3 aromatic rings. The lowest BCUT2D eigenvalue weighted by atomic mass is 10.1. The Labute approximate surface area is 158 Å². The van der Waals surface area contributed by atoms with Gasteiger partial charge in [-0.15, -0.1) is 0 Å². The standard InChI is InChI=1S/C20H25N5O2/c1-23-11-15(22-14-23)12-24-8-5-16(6-9-24)27-19-4-2-3-18-17(19)7-10-25(18)13-20(21)26/h2-4,7,10-11,14,16H,5-6,8-9,12-13H2,1H3,(H2,21,26). The molecule has 0 saturated carbocycles. The van der Waals surface area contributed by atoms with Crippen molar-refractivity contribution in [3.8, 4) is 5.75 Å². The second kappa shape index (κ2) is 7.44. The van der Waals surface area contributed by atoms with Crippen molar-refractivity contribution >= 4 is 16.8 Å². The summed E-state index contributed by atoms with van der Waals surface area (Å²) in [6.07, 6.45) is 7.99. The first-order chi connectivity index (χ1) is 13.1. The van der Waals surface area contributed by atoms with Gasteiger partial charge in [0, 0.05) is 44.5 Å². The summed E-state index contributed by atoms with van der Waals surface area (Å²) >= 11 is 0. The molecule has 0 spiro atoms. The third kappa shape index (κ3) is 3.98. The molecule has 7 nitrogen and oxygen atoms in total. The molecule has 0 radical (unpaired) electrons. The zero-order valence-corrected chi connectivity index (χ0v) is 15.5. The Balaban J connectivity index is 1.39. The van der Waals surface area contributed by atoms with Crippen LogP contribution >= 0.6 is 0 Å². The van der Waals surface area contributed by atoms with E-state index in [1.807, 2.05) is 53.0 Å². The topological polar surface area (TPSA) is 78.3 Å². The molecule has 3 heterocycles. The average Bonchev–Trinajstić information content (AvgIpc) is 3.23. The van der Waals surface area contributed by atoms with E-state index in [0.29, 0.717) is 0 Å². The number of hydrogen-bond donors (Lipinski definition) is 1. The Morgan fingerprint density at radius 2 is 2.11 bits per heavy atom. The third-order valence-electron chi connectivity index (χ3n) is 5.07. The third-order valence-corrected chi connectivity index (χ3v) is 5.07. The molecule has 1 aliphatic rings. The highest BCUT2D eigenvalue weighted by Gasteiger charge is 2.22. The van der Waals surface area contributed by atoms with Gasteiger partial charge in [-0.2, -0.15) is 0 Å². The van der Waals surface area contributed by atoms with Crippen LogP contribution in [0.15, 0.2) is 43.0 Å². The molecule has 4 rings (SSSR count). The highest BCUT2D eigenvalue weighted by molar-refractivity contribution is 5.87. The summed E-state index contributed by atoms with van der Waals surface area (Å²) in [5, 5.41) is 1.02. The number of piperidine rings is 1. The largest absolute Gasteiger partial charge is 0.490 e. The average molecular weight is 367 g/mol. The first kappa shape index (κ1) is 17.6. The van der Waals surface area contributed by atoms with Crippen molar-refractivity contribution in [2.45, 2.75) is 32.0 Å². The van der Waals surface area contributed by atoms with E-state index in [1.54, 1.807) is 0 Å². The molecular formula is C20H25N5O2. The lowest BCUT2D eigenvalue weighted by Gasteiger charge is -2.31. The maximum Gasteiger partial charge on any atom is 0.237 e. The van der Waals surface area contributed by atoms with E-state index >= 15 is 0 Å². The predicted molar refractivity (Wildman–Crippen MR) is 103 cm³/mol. The van der Waals surface area contributed by atoms with Crippen molar-refractivity contribution in [1.82, 2.24) is 19.0 Å². The molecule has 1 aliphatic heterocycles. The van der Waals surface area contributed by atoms with Gasteiger partial charge in [0.05, 0.1) is 17.5 Å². The summed E-state index contributed by atoms with van der Waals surface area (Å²) < 4.78 is 10.2. The summed E-state index contributed by atoms with van der Waals surface area (Å²) in [5.74, 6) is 0.526. The van der Waals surface area contributed by atoms with Gasteiger partial charge in [0.15, 0.2) is 0 Å². The van der Waals surface area contributed by atoms with E-state index in [1.165, 1.54) is 0 Å². The van der Waals surface area contributed by atoms with Crippen molar-refractivity contribution < 1.29 is 9.53 Å². The first-order valence-electron chi connectivity index (χ1n) is 9.30. The predicted octanol–water partition coefficient (Wildman–Crippen LogP) is 1.90. The fourth-order valence-electron chi connectivity index (χ4n) is 3.75. The molecule has 0 bridgehead atoms. The monoisotopic (exact) mass is 367 g/mol. The molecule has 0 atom stereocenters. The van der Waals surface area contributed by atoms with Crippen LogP contribution in [0.2, 0.25) is 0 Å². The van der Waals surface area contributed by atoms with E-state index in [4.69, 9.17) is 10.5 Å². The maximum atomic E-state index is 11.2. The van der Waals surface area contributed by atoms with Crippen LogP contribution in [0.1, 0.15) is 18.5 Å².